The minimum absolute atomic E-state index is 0.241. The van der Waals surface area contributed by atoms with Crippen LogP contribution in [0.5, 0.6) is 0 Å². The Kier molecular flexibility index (Phi) is 6.30. The Bertz CT molecular complexity index is 3170. The van der Waals surface area contributed by atoms with E-state index in [1.807, 2.05) is 6.07 Å². The van der Waals surface area contributed by atoms with E-state index >= 15 is 0 Å². The summed E-state index contributed by atoms with van der Waals surface area (Å²) >= 11 is 0.241. The average molecular weight is 715 g/mol. The van der Waals surface area contributed by atoms with Gasteiger partial charge in [0.2, 0.25) is 0 Å². The molecule has 11 rings (SSSR count). The predicted molar refractivity (Wildman–Crippen MR) is 218 cm³/mol. The molecule has 3 heteroatoms. The molecule has 0 saturated heterocycles. The molecule has 0 aliphatic rings. The Balaban J connectivity index is 1.19. The van der Waals surface area contributed by atoms with Crippen molar-refractivity contribution in [3.8, 4) is 11.1 Å². The third-order valence-corrected chi connectivity index (χ3v) is 12.9. The van der Waals surface area contributed by atoms with Gasteiger partial charge in [-0.05, 0) is 5.39 Å². The second-order valence-corrected chi connectivity index (χ2v) is 15.5. The van der Waals surface area contributed by atoms with Crippen LogP contribution in [-0.4, -0.2) is 14.5 Å². The van der Waals surface area contributed by atoms with Gasteiger partial charge in [0.25, 0.3) is 0 Å². The summed E-state index contributed by atoms with van der Waals surface area (Å²) in [6, 6.07) is 64.2. The number of nitrogens with zero attached hydrogens (tertiary/aromatic N) is 1. The first kappa shape index (κ1) is 28.7. The van der Waals surface area contributed by atoms with Crippen LogP contribution in [0.3, 0.4) is 0 Å². The second-order valence-electron chi connectivity index (χ2n) is 13.3. The van der Waals surface area contributed by atoms with E-state index in [1.54, 1.807) is 0 Å². The normalized spacial score (nSPS) is 11.9. The number of hydrogen-bond acceptors (Lipinski definition) is 2. The molecule has 0 bridgehead atoms. The van der Waals surface area contributed by atoms with Crippen LogP contribution >= 0.6 is 0 Å². The summed E-state index contributed by atoms with van der Waals surface area (Å²) in [5.41, 5.74) is 7.46. The van der Waals surface area contributed by atoms with Crippen molar-refractivity contribution in [2.45, 2.75) is 0 Å². The molecule has 11 aromatic rings. The maximum absolute atomic E-state index is 6.43. The summed E-state index contributed by atoms with van der Waals surface area (Å²) < 4.78 is 9.38. The summed E-state index contributed by atoms with van der Waals surface area (Å²) in [4.78, 5) is 2.43. The van der Waals surface area contributed by atoms with Crippen molar-refractivity contribution in [1.82, 2.24) is 0 Å². The summed E-state index contributed by atoms with van der Waals surface area (Å²) in [5.74, 6) is 0. The average Bonchev–Trinajstić information content (AvgIpc) is 3.77. The summed E-state index contributed by atoms with van der Waals surface area (Å²) in [6.07, 6.45) is 0. The van der Waals surface area contributed by atoms with Gasteiger partial charge in [0.15, 0.2) is 0 Å². The topological polar surface area (TPSA) is 16.4 Å². The van der Waals surface area contributed by atoms with Gasteiger partial charge in [0, 0.05) is 0 Å². The predicted octanol–water partition coefficient (Wildman–Crippen LogP) is 13.5. The molecule has 0 amide bonds. The molecular formula is C48H29NOSe. The maximum atomic E-state index is 6.43. The Morgan fingerprint density at radius 3 is 2.06 bits per heavy atom. The molecule has 2 nitrogen and oxygen atoms in total. The Labute approximate surface area is 300 Å². The van der Waals surface area contributed by atoms with Crippen molar-refractivity contribution in [1.29, 1.82) is 0 Å². The fraction of sp³-hybridized carbons (Fsp3) is 0. The van der Waals surface area contributed by atoms with Crippen molar-refractivity contribution in [3.63, 3.8) is 0 Å². The summed E-state index contributed by atoms with van der Waals surface area (Å²) in [5, 5.41) is 12.7. The third-order valence-electron chi connectivity index (χ3n) is 10.4. The van der Waals surface area contributed by atoms with Gasteiger partial charge in [-0.1, -0.05) is 24.3 Å². The first-order valence-electron chi connectivity index (χ1n) is 17.3. The molecule has 0 radical (unpaired) electrons. The molecule has 0 N–H and O–H groups in total. The van der Waals surface area contributed by atoms with E-state index in [0.29, 0.717) is 0 Å². The van der Waals surface area contributed by atoms with Crippen LogP contribution in [0, 0.1) is 0 Å². The molecule has 0 saturated carbocycles. The first-order chi connectivity index (χ1) is 25.3. The number of para-hydroxylation sites is 1. The zero-order valence-electron chi connectivity index (χ0n) is 27.5. The Morgan fingerprint density at radius 1 is 0.392 bits per heavy atom. The Hall–Kier alpha value is -6.12. The van der Waals surface area contributed by atoms with Crippen molar-refractivity contribution in [2.75, 3.05) is 4.90 Å². The molecule has 51 heavy (non-hydrogen) atoms. The van der Waals surface area contributed by atoms with E-state index in [4.69, 9.17) is 4.42 Å². The monoisotopic (exact) mass is 715 g/mol. The fourth-order valence-corrected chi connectivity index (χ4v) is 10.7. The van der Waals surface area contributed by atoms with Crippen LogP contribution in [0.15, 0.2) is 180 Å². The number of anilines is 3. The molecule has 2 aromatic heterocycles. The van der Waals surface area contributed by atoms with Gasteiger partial charge in [0.1, 0.15) is 0 Å². The molecule has 9 aromatic carbocycles. The van der Waals surface area contributed by atoms with Gasteiger partial charge in [-0.3, -0.25) is 0 Å². The van der Waals surface area contributed by atoms with Gasteiger partial charge in [0.05, 0.1) is 0 Å². The standard InChI is InChI=1S/C48H29NOSe/c1-2-10-33-27-35(22-19-30(33)9-1)34-11-7-12-36(28-34)49(42-15-8-17-44-47(42)40-14-3-5-16-43(40)50-44)37-25-23-31-20-21-32-24-26-39-38-13-4-6-18-45(38)51-48(39)46(32)41(31)29-37/h1-29H. The van der Waals surface area contributed by atoms with Crippen LogP contribution < -0.4 is 4.90 Å². The summed E-state index contributed by atoms with van der Waals surface area (Å²) in [7, 11) is 0. The Morgan fingerprint density at radius 2 is 1.10 bits per heavy atom. The molecule has 238 valence electrons. The molecule has 2 heterocycles. The van der Waals surface area contributed by atoms with Crippen LogP contribution in [0.1, 0.15) is 0 Å². The molecule has 0 spiro atoms. The molecule has 0 aliphatic heterocycles. The minimum atomic E-state index is 0.241. The fourth-order valence-electron chi connectivity index (χ4n) is 8.01. The van der Waals surface area contributed by atoms with E-state index in [-0.39, 0.29) is 14.5 Å². The van der Waals surface area contributed by atoms with Crippen molar-refractivity contribution in [2.24, 2.45) is 0 Å². The molecular weight excluding hydrogens is 685 g/mol. The van der Waals surface area contributed by atoms with Crippen molar-refractivity contribution in [3.05, 3.63) is 176 Å². The van der Waals surface area contributed by atoms with E-state index in [2.05, 4.69) is 175 Å². The first-order valence-corrected chi connectivity index (χ1v) is 19.0. The molecule has 0 fully saturated rings. The van der Waals surface area contributed by atoms with Gasteiger partial charge in [-0.2, -0.15) is 0 Å². The number of fused-ring (bicyclic) bond motifs is 11. The number of furan rings is 1. The van der Waals surface area contributed by atoms with Crippen molar-refractivity contribution < 1.29 is 4.42 Å². The summed E-state index contributed by atoms with van der Waals surface area (Å²) in [6.45, 7) is 0. The van der Waals surface area contributed by atoms with Crippen LogP contribution in [0.25, 0.3) is 84.7 Å². The van der Waals surface area contributed by atoms with Gasteiger partial charge in [-0.15, -0.1) is 0 Å². The number of benzene rings is 9. The SMILES string of the molecule is c1cc(-c2ccc3ccccc3c2)cc(N(c2ccc3ccc4ccc5c6ccccc6[se]c5c4c3c2)c2cccc3oc4ccccc4c23)c1. The van der Waals surface area contributed by atoms with Gasteiger partial charge in [-0.25, -0.2) is 0 Å². The zero-order chi connectivity index (χ0) is 33.5. The zero-order valence-corrected chi connectivity index (χ0v) is 29.2. The van der Waals surface area contributed by atoms with Crippen LogP contribution in [0.2, 0.25) is 0 Å². The quantitative estimate of drug-likeness (QED) is 0.133. The molecule has 0 aliphatic carbocycles. The van der Waals surface area contributed by atoms with Gasteiger partial charge < -0.3 is 0 Å². The molecule has 0 atom stereocenters. The van der Waals surface area contributed by atoms with E-state index in [1.165, 1.54) is 62.7 Å². The van der Waals surface area contributed by atoms with E-state index in [0.717, 1.165) is 39.0 Å². The van der Waals surface area contributed by atoms with Crippen LogP contribution in [-0.2, 0) is 0 Å². The van der Waals surface area contributed by atoms with Crippen molar-refractivity contribution >= 4 is 105 Å². The van der Waals surface area contributed by atoms with Crippen LogP contribution in [0.4, 0.5) is 17.1 Å². The van der Waals surface area contributed by atoms with E-state index < -0.39 is 0 Å². The van der Waals surface area contributed by atoms with E-state index in [9.17, 15) is 0 Å². The second kappa shape index (κ2) is 11.2. The molecule has 0 unspecified atom stereocenters. The number of rotatable bonds is 4. The van der Waals surface area contributed by atoms with Gasteiger partial charge >= 0.3 is 272 Å². The third kappa shape index (κ3) is 4.49. The number of hydrogen-bond donors (Lipinski definition) is 0.